The third-order valence-corrected chi connectivity index (χ3v) is 2.24. The van der Waals surface area contributed by atoms with Crippen molar-refractivity contribution in [3.05, 3.63) is 12.2 Å². The number of unbranched alkanes of at least 4 members (excludes halogenated alkanes) is 2. The molecule has 0 amide bonds. The number of aliphatic hydroxyl groups excluding tert-OH is 1. The number of hydrogen-bond donors (Lipinski definition) is 2. The largest absolute Gasteiger partial charge is 0.393 e. The van der Waals surface area contributed by atoms with Gasteiger partial charge in [0.2, 0.25) is 0 Å². The molecule has 2 nitrogen and oxygen atoms in total. The molecular weight excluding hydrogens is 176 g/mol. The van der Waals surface area contributed by atoms with Crippen LogP contribution in [0.1, 0.15) is 52.9 Å². The smallest absolute Gasteiger partial charge is 0.0799 e. The van der Waals surface area contributed by atoms with E-state index in [9.17, 15) is 5.11 Å². The fourth-order valence-electron chi connectivity index (χ4n) is 1.34. The minimum atomic E-state index is -0.704. The van der Waals surface area contributed by atoms with Crippen molar-refractivity contribution in [1.29, 1.82) is 0 Å². The van der Waals surface area contributed by atoms with Crippen LogP contribution >= 0.6 is 0 Å². The predicted molar refractivity (Wildman–Crippen MR) is 60.2 cm³/mol. The Bertz CT molecular complexity index is 160. The second-order valence-electron chi connectivity index (χ2n) is 4.30. The molecule has 0 bridgehead atoms. The molecule has 0 saturated carbocycles. The molecule has 0 fully saturated rings. The van der Waals surface area contributed by atoms with Gasteiger partial charge in [-0.2, -0.15) is 0 Å². The first-order valence-electron chi connectivity index (χ1n) is 5.56. The van der Waals surface area contributed by atoms with Crippen molar-refractivity contribution in [2.45, 2.75) is 64.6 Å². The molecule has 0 unspecified atom stereocenters. The van der Waals surface area contributed by atoms with Crippen LogP contribution in [-0.2, 0) is 0 Å². The zero-order valence-corrected chi connectivity index (χ0v) is 9.66. The summed E-state index contributed by atoms with van der Waals surface area (Å²) in [6.07, 6.45) is 8.15. The van der Waals surface area contributed by atoms with Crippen LogP contribution in [0, 0.1) is 0 Å². The fraction of sp³-hybridized carbons (Fsp3) is 0.833. The summed E-state index contributed by atoms with van der Waals surface area (Å²) in [6.45, 7) is 5.72. The second-order valence-corrected chi connectivity index (χ2v) is 4.30. The molecule has 0 rings (SSSR count). The van der Waals surface area contributed by atoms with Gasteiger partial charge in [-0.15, -0.1) is 0 Å². The van der Waals surface area contributed by atoms with Crippen molar-refractivity contribution in [3.63, 3.8) is 0 Å². The highest BCUT2D eigenvalue weighted by atomic mass is 16.3. The van der Waals surface area contributed by atoms with Crippen molar-refractivity contribution < 1.29 is 10.2 Å². The Morgan fingerprint density at radius 2 is 2.00 bits per heavy atom. The zero-order valence-electron chi connectivity index (χ0n) is 9.66. The Labute approximate surface area is 87.7 Å². The Morgan fingerprint density at radius 3 is 2.50 bits per heavy atom. The predicted octanol–water partition coefficient (Wildman–Crippen LogP) is 2.64. The molecule has 2 atom stereocenters. The van der Waals surface area contributed by atoms with E-state index in [4.69, 9.17) is 5.11 Å². The lowest BCUT2D eigenvalue weighted by Gasteiger charge is -2.18. The summed E-state index contributed by atoms with van der Waals surface area (Å²) in [7, 11) is 0. The average Bonchev–Trinajstić information content (AvgIpc) is 2.03. The molecule has 0 aliphatic carbocycles. The van der Waals surface area contributed by atoms with E-state index in [0.717, 1.165) is 12.8 Å². The Morgan fingerprint density at radius 1 is 1.36 bits per heavy atom. The molecule has 0 aliphatic rings. The Kier molecular flexibility index (Phi) is 6.85. The topological polar surface area (TPSA) is 40.5 Å². The van der Waals surface area contributed by atoms with Gasteiger partial charge < -0.3 is 10.2 Å². The molecule has 0 aromatic rings. The lowest BCUT2D eigenvalue weighted by atomic mass is 9.97. The maximum Gasteiger partial charge on any atom is 0.0799 e. The summed E-state index contributed by atoms with van der Waals surface area (Å²) in [5, 5.41) is 18.9. The van der Waals surface area contributed by atoms with Gasteiger partial charge in [-0.1, -0.05) is 38.3 Å². The van der Waals surface area contributed by atoms with Gasteiger partial charge in [-0.05, 0) is 26.7 Å². The number of rotatable bonds is 7. The van der Waals surface area contributed by atoms with Gasteiger partial charge in [-0.25, -0.2) is 0 Å². The molecule has 0 aromatic heterocycles. The fourth-order valence-corrected chi connectivity index (χ4v) is 1.34. The van der Waals surface area contributed by atoms with Crippen LogP contribution < -0.4 is 0 Å². The third kappa shape index (κ3) is 8.27. The van der Waals surface area contributed by atoms with Crippen molar-refractivity contribution >= 4 is 0 Å². The van der Waals surface area contributed by atoms with Gasteiger partial charge in [0.1, 0.15) is 0 Å². The van der Waals surface area contributed by atoms with Crippen LogP contribution in [0.15, 0.2) is 12.2 Å². The van der Waals surface area contributed by atoms with E-state index in [1.54, 1.807) is 13.0 Å². The van der Waals surface area contributed by atoms with E-state index in [2.05, 4.69) is 6.92 Å². The molecule has 84 valence electrons. The van der Waals surface area contributed by atoms with Crippen molar-refractivity contribution in [2.75, 3.05) is 0 Å². The standard InChI is InChI=1S/C12H24O2/c1-4-5-6-9-12(3,14)10-7-8-11(2)13/h7,10-11,13-14H,4-6,8-9H2,1-3H3/b10-7-/t11-,12+/m0/s1. The van der Waals surface area contributed by atoms with E-state index in [-0.39, 0.29) is 6.10 Å². The van der Waals surface area contributed by atoms with Gasteiger partial charge in [0.25, 0.3) is 0 Å². The first-order chi connectivity index (χ1) is 6.48. The summed E-state index contributed by atoms with van der Waals surface area (Å²) in [4.78, 5) is 0. The first-order valence-corrected chi connectivity index (χ1v) is 5.56. The summed E-state index contributed by atoms with van der Waals surface area (Å²) in [5.41, 5.74) is -0.704. The molecule has 0 radical (unpaired) electrons. The monoisotopic (exact) mass is 200 g/mol. The molecular formula is C12H24O2. The number of hydrogen-bond acceptors (Lipinski definition) is 2. The minimum Gasteiger partial charge on any atom is -0.393 e. The first kappa shape index (κ1) is 13.7. The van der Waals surface area contributed by atoms with Crippen LogP contribution in [0.3, 0.4) is 0 Å². The molecule has 2 heteroatoms. The van der Waals surface area contributed by atoms with E-state index in [0.29, 0.717) is 6.42 Å². The lowest BCUT2D eigenvalue weighted by molar-refractivity contribution is 0.0979. The molecule has 0 aromatic carbocycles. The molecule has 0 heterocycles. The van der Waals surface area contributed by atoms with Crippen LogP contribution in [0.4, 0.5) is 0 Å². The molecule has 0 saturated heterocycles. The van der Waals surface area contributed by atoms with Gasteiger partial charge in [0.15, 0.2) is 0 Å². The Hall–Kier alpha value is -0.340. The van der Waals surface area contributed by atoms with Gasteiger partial charge in [-0.3, -0.25) is 0 Å². The van der Waals surface area contributed by atoms with E-state index < -0.39 is 5.60 Å². The minimum absolute atomic E-state index is 0.322. The van der Waals surface area contributed by atoms with E-state index >= 15 is 0 Å². The summed E-state index contributed by atoms with van der Waals surface area (Å²) < 4.78 is 0. The van der Waals surface area contributed by atoms with E-state index in [1.165, 1.54) is 12.8 Å². The Balaban J connectivity index is 3.75. The van der Waals surface area contributed by atoms with Gasteiger partial charge in [0.05, 0.1) is 11.7 Å². The normalized spacial score (nSPS) is 18.4. The molecule has 2 N–H and O–H groups in total. The highest BCUT2D eigenvalue weighted by Crippen LogP contribution is 2.16. The summed E-state index contributed by atoms with van der Waals surface area (Å²) in [6, 6.07) is 0. The maximum absolute atomic E-state index is 9.89. The zero-order chi connectivity index (χ0) is 11.0. The highest BCUT2D eigenvalue weighted by Gasteiger charge is 2.14. The molecule has 0 spiro atoms. The van der Waals surface area contributed by atoms with Crippen molar-refractivity contribution in [2.24, 2.45) is 0 Å². The third-order valence-electron chi connectivity index (χ3n) is 2.24. The van der Waals surface area contributed by atoms with Crippen LogP contribution in [0.25, 0.3) is 0 Å². The summed E-state index contributed by atoms with van der Waals surface area (Å²) in [5.74, 6) is 0. The van der Waals surface area contributed by atoms with Crippen molar-refractivity contribution in [1.82, 2.24) is 0 Å². The van der Waals surface area contributed by atoms with Crippen LogP contribution in [0.5, 0.6) is 0 Å². The second kappa shape index (κ2) is 7.02. The molecule has 14 heavy (non-hydrogen) atoms. The quantitative estimate of drug-likeness (QED) is 0.490. The average molecular weight is 200 g/mol. The molecule has 0 aliphatic heterocycles. The summed E-state index contributed by atoms with van der Waals surface area (Å²) >= 11 is 0. The lowest BCUT2D eigenvalue weighted by Crippen LogP contribution is -2.20. The maximum atomic E-state index is 9.89. The van der Waals surface area contributed by atoms with Gasteiger partial charge >= 0.3 is 0 Å². The highest BCUT2D eigenvalue weighted by molar-refractivity contribution is 4.98. The van der Waals surface area contributed by atoms with Crippen LogP contribution in [-0.4, -0.2) is 21.9 Å². The van der Waals surface area contributed by atoms with Gasteiger partial charge in [0, 0.05) is 0 Å². The van der Waals surface area contributed by atoms with E-state index in [1.807, 2.05) is 13.0 Å². The van der Waals surface area contributed by atoms with Crippen molar-refractivity contribution in [3.8, 4) is 0 Å². The number of aliphatic hydroxyl groups is 2. The SMILES string of the molecule is CCCCC[C@@](C)(O)/C=C\C[C@H](C)O. The van der Waals surface area contributed by atoms with Crippen LogP contribution in [0.2, 0.25) is 0 Å².